The summed E-state index contributed by atoms with van der Waals surface area (Å²) in [5.41, 5.74) is 4.04. The number of fused-ring (bicyclic) bond motifs is 3. The Hall–Kier alpha value is -4.96. The molecule has 3 aliphatic rings. The summed E-state index contributed by atoms with van der Waals surface area (Å²) >= 11 is 0. The molecule has 250 valence electrons. The molecule has 8 rings (SSSR count). The molecule has 0 fully saturated rings. The number of ether oxygens (including phenoxy) is 1. The number of benzene rings is 4. The van der Waals surface area contributed by atoms with E-state index in [4.69, 9.17) is 4.74 Å². The minimum absolute atomic E-state index is 0.00716. The molecule has 2 N–H and O–H groups in total. The van der Waals surface area contributed by atoms with Gasteiger partial charge in [-0.25, -0.2) is 27.2 Å². The Balaban J connectivity index is 1.42. The van der Waals surface area contributed by atoms with E-state index in [0.29, 0.717) is 35.3 Å². The van der Waals surface area contributed by atoms with Crippen molar-refractivity contribution in [2.45, 2.75) is 74.7 Å². The number of nitrogens with zero attached hydrogens (tertiary/aromatic N) is 3. The summed E-state index contributed by atoms with van der Waals surface area (Å²) in [4.78, 5) is 15.5. The molecule has 0 radical (unpaired) electrons. The van der Waals surface area contributed by atoms with E-state index in [0.717, 1.165) is 41.5 Å². The first kappa shape index (κ1) is 31.3. The van der Waals surface area contributed by atoms with Crippen LogP contribution in [0.25, 0.3) is 0 Å². The first-order chi connectivity index (χ1) is 23.6. The third-order valence-corrected chi connectivity index (χ3v) is 11.8. The number of aryl methyl sites for hydroxylation is 1. The fraction of sp³-hybridized carbons (Fsp3) is 0.282. The van der Waals surface area contributed by atoms with Gasteiger partial charge in [0, 0.05) is 18.5 Å². The van der Waals surface area contributed by atoms with Crippen LogP contribution in [0.15, 0.2) is 108 Å². The van der Waals surface area contributed by atoms with Crippen LogP contribution in [-0.2, 0) is 47.7 Å². The van der Waals surface area contributed by atoms with E-state index in [9.17, 15) is 9.17 Å². The van der Waals surface area contributed by atoms with Gasteiger partial charge in [-0.05, 0) is 72.1 Å². The fourth-order valence-corrected chi connectivity index (χ4v) is 9.73. The predicted molar refractivity (Wildman–Crippen MR) is 187 cm³/mol. The Bertz CT molecular complexity index is 2070. The van der Waals surface area contributed by atoms with Crippen LogP contribution in [0, 0.1) is 4.78 Å². The Morgan fingerprint density at radius 1 is 0.939 bits per heavy atom. The fourth-order valence-electron chi connectivity index (χ4n) is 7.98. The number of hydrogen-bond donors (Lipinski definition) is 2. The monoisotopic (exact) mass is 675 g/mol. The van der Waals surface area contributed by atoms with E-state index in [-0.39, 0.29) is 17.2 Å². The summed E-state index contributed by atoms with van der Waals surface area (Å²) < 4.78 is 49.8. The molecule has 8 nitrogen and oxygen atoms in total. The minimum atomic E-state index is -4.25. The summed E-state index contributed by atoms with van der Waals surface area (Å²) in [6, 6.07) is 29.6. The van der Waals surface area contributed by atoms with Crippen molar-refractivity contribution < 1.29 is 18.1 Å². The second-order valence-electron chi connectivity index (χ2n) is 13.8. The molecule has 2 atom stereocenters. The van der Waals surface area contributed by atoms with Crippen molar-refractivity contribution in [3.05, 3.63) is 142 Å². The van der Waals surface area contributed by atoms with Gasteiger partial charge in [-0.1, -0.05) is 97.1 Å². The molecule has 0 bridgehead atoms. The predicted octanol–water partition coefficient (Wildman–Crippen LogP) is 7.83. The second kappa shape index (κ2) is 11.6. The van der Waals surface area contributed by atoms with E-state index in [2.05, 4.69) is 16.5 Å². The number of anilines is 1. The van der Waals surface area contributed by atoms with Crippen LogP contribution in [0.4, 0.5) is 14.9 Å². The van der Waals surface area contributed by atoms with Crippen molar-refractivity contribution >= 4 is 21.6 Å². The number of rotatable bonds is 7. The topological polar surface area (TPSA) is 100 Å². The van der Waals surface area contributed by atoms with Crippen molar-refractivity contribution in [2.24, 2.45) is 0 Å². The highest BCUT2D eigenvalue weighted by molar-refractivity contribution is 7.90. The van der Waals surface area contributed by atoms with Gasteiger partial charge in [0.15, 0.2) is 9.92 Å². The summed E-state index contributed by atoms with van der Waals surface area (Å²) in [6.45, 7) is 4.20. The quantitative estimate of drug-likeness (QED) is 0.172. The molecule has 1 aliphatic heterocycles. The maximum Gasteiger partial charge on any atom is 0.336 e. The van der Waals surface area contributed by atoms with E-state index >= 15 is 9.00 Å². The van der Waals surface area contributed by atoms with Crippen LogP contribution >= 0.6 is 0 Å². The Labute approximate surface area is 286 Å². The van der Waals surface area contributed by atoms with Crippen LogP contribution in [-0.4, -0.2) is 36.1 Å². The Morgan fingerprint density at radius 3 is 2.12 bits per heavy atom. The van der Waals surface area contributed by atoms with Gasteiger partial charge in [0.25, 0.3) is 0 Å². The van der Waals surface area contributed by atoms with Crippen molar-refractivity contribution in [3.63, 3.8) is 0 Å². The lowest BCUT2D eigenvalue weighted by atomic mass is 9.77. The lowest BCUT2D eigenvalue weighted by Crippen LogP contribution is -2.55. The lowest BCUT2D eigenvalue weighted by molar-refractivity contribution is 0.132. The Kier molecular flexibility index (Phi) is 7.40. The lowest BCUT2D eigenvalue weighted by Gasteiger charge is -2.45. The van der Waals surface area contributed by atoms with Crippen molar-refractivity contribution in [3.8, 4) is 5.88 Å². The summed E-state index contributed by atoms with van der Waals surface area (Å²) in [6.07, 6.45) is 3.34. The first-order valence-electron chi connectivity index (χ1n) is 16.7. The van der Waals surface area contributed by atoms with Crippen molar-refractivity contribution in [1.82, 2.24) is 14.1 Å². The molecule has 1 aromatic heterocycles. The molecule has 0 spiro atoms. The van der Waals surface area contributed by atoms with E-state index in [1.807, 2.05) is 105 Å². The highest BCUT2D eigenvalue weighted by atomic mass is 32.2. The first-order valence-corrected chi connectivity index (χ1v) is 18.2. The van der Waals surface area contributed by atoms with Crippen molar-refractivity contribution in [1.29, 1.82) is 4.78 Å². The highest BCUT2D eigenvalue weighted by Gasteiger charge is 2.52. The van der Waals surface area contributed by atoms with E-state index in [1.165, 1.54) is 10.5 Å². The smallest absolute Gasteiger partial charge is 0.336 e. The average molecular weight is 676 g/mol. The number of carbonyl (C=O) groups excluding carboxylic acids is 1. The van der Waals surface area contributed by atoms with Crippen LogP contribution in [0.5, 0.6) is 5.88 Å². The van der Waals surface area contributed by atoms with Gasteiger partial charge in [0.1, 0.15) is 22.2 Å². The standard InChI is InChI=1S/C39H38FN5O3S/c1-38(2)25-44-36(48-38)34(24-42-44)49(41,47)45(37(46)43-35-32-20-12-13-26(32)21-27-22-31(40)23-33(27)35)39(28-14-6-3-7-15-28,29-16-8-4-9-17-29)30-18-10-5-11-19-30/h3-11,14-19,21,24,31,41H,12-13,20,22-23,25H2,1-2H3,(H,43,46)/t31-,49+/m1/s1. The SMILES string of the molecule is CC1(C)Cn2ncc([S@@](=N)(=O)N(C(=O)Nc3c4c(cc5c3C[C@H](F)C5)CCC4)C(c3ccccc3)(c3ccccc3)c3ccccc3)c2O1. The van der Waals surface area contributed by atoms with Gasteiger partial charge >= 0.3 is 6.03 Å². The van der Waals surface area contributed by atoms with Crippen LogP contribution in [0.3, 0.4) is 0 Å². The highest BCUT2D eigenvalue weighted by Crippen LogP contribution is 2.48. The zero-order valence-corrected chi connectivity index (χ0v) is 28.3. The zero-order valence-electron chi connectivity index (χ0n) is 27.5. The van der Waals surface area contributed by atoms with Crippen LogP contribution in [0.1, 0.15) is 59.2 Å². The van der Waals surface area contributed by atoms with Gasteiger partial charge in [-0.15, -0.1) is 0 Å². The number of aromatic nitrogens is 2. The summed E-state index contributed by atoms with van der Waals surface area (Å²) in [5, 5.41) is 7.66. The number of urea groups is 1. The normalized spacial score (nSPS) is 18.6. The average Bonchev–Trinajstić information content (AvgIpc) is 3.87. The molecule has 5 aromatic rings. The zero-order chi connectivity index (χ0) is 34.0. The molecule has 10 heteroatoms. The summed E-state index contributed by atoms with van der Waals surface area (Å²) in [5.74, 6) is 0.202. The van der Waals surface area contributed by atoms with Crippen molar-refractivity contribution in [2.75, 3.05) is 5.32 Å². The van der Waals surface area contributed by atoms with Crippen LogP contribution < -0.4 is 10.1 Å². The summed E-state index contributed by atoms with van der Waals surface area (Å²) in [7, 11) is -4.25. The maximum absolute atomic E-state index is 15.8. The molecule has 2 heterocycles. The second-order valence-corrected chi connectivity index (χ2v) is 15.6. The van der Waals surface area contributed by atoms with E-state index in [1.54, 1.807) is 4.68 Å². The molecule has 2 amide bonds. The molecular weight excluding hydrogens is 638 g/mol. The Morgan fingerprint density at radius 2 is 1.53 bits per heavy atom. The number of halogens is 1. The molecule has 0 saturated heterocycles. The molecule has 0 saturated carbocycles. The minimum Gasteiger partial charge on any atom is -0.469 e. The number of alkyl halides is 1. The molecule has 4 aromatic carbocycles. The third kappa shape index (κ3) is 5.03. The number of hydrogen-bond acceptors (Lipinski definition) is 5. The number of nitrogens with one attached hydrogen (secondary N) is 2. The molecular formula is C39H38FN5O3S. The molecule has 2 aliphatic carbocycles. The molecule has 0 unspecified atom stereocenters. The third-order valence-electron chi connectivity index (χ3n) is 9.98. The maximum atomic E-state index is 15.8. The van der Waals surface area contributed by atoms with Gasteiger partial charge in [0.2, 0.25) is 5.88 Å². The van der Waals surface area contributed by atoms with Crippen LogP contribution in [0.2, 0.25) is 0 Å². The van der Waals surface area contributed by atoms with Gasteiger partial charge in [-0.3, -0.25) is 0 Å². The van der Waals surface area contributed by atoms with E-state index < -0.39 is 33.3 Å². The van der Waals surface area contributed by atoms with Gasteiger partial charge in [0.05, 0.1) is 12.7 Å². The number of carbonyl (C=O) groups is 1. The van der Waals surface area contributed by atoms with Gasteiger partial charge < -0.3 is 10.1 Å². The largest absolute Gasteiger partial charge is 0.469 e. The number of amides is 2. The molecule has 49 heavy (non-hydrogen) atoms. The van der Waals surface area contributed by atoms with Gasteiger partial charge in [-0.2, -0.15) is 5.10 Å².